The molecule has 0 spiro atoms. The Morgan fingerprint density at radius 2 is 2.00 bits per heavy atom. The number of piperidine rings is 1. The normalized spacial score (nSPS) is 21.6. The number of nitrogens with zero attached hydrogens (tertiary/aromatic N) is 1. The molecule has 120 valence electrons. The summed E-state index contributed by atoms with van der Waals surface area (Å²) in [6.07, 6.45) is 4.34. The average Bonchev–Trinajstić information content (AvgIpc) is 2.55. The molecule has 1 aliphatic heterocycles. The molecule has 0 bridgehead atoms. The van der Waals surface area contributed by atoms with Crippen molar-refractivity contribution in [3.8, 4) is 0 Å². The van der Waals surface area contributed by atoms with Gasteiger partial charge in [0.15, 0.2) is 0 Å². The molecular weight excluding hydrogens is 298 g/mol. The number of likely N-dealkylation sites (tertiary alicyclic amines) is 1. The molecular formula is C17H23NO3S. The highest BCUT2D eigenvalue weighted by Crippen LogP contribution is 2.34. The van der Waals surface area contributed by atoms with Crippen LogP contribution in [-0.2, 0) is 16.0 Å². The Labute approximate surface area is 135 Å². The van der Waals surface area contributed by atoms with E-state index in [4.69, 9.17) is 0 Å². The van der Waals surface area contributed by atoms with Crippen LogP contribution in [0.25, 0.3) is 0 Å². The van der Waals surface area contributed by atoms with Gasteiger partial charge in [-0.15, -0.1) is 11.8 Å². The van der Waals surface area contributed by atoms with Crippen molar-refractivity contribution in [2.24, 2.45) is 5.41 Å². The Morgan fingerprint density at radius 3 is 2.55 bits per heavy atom. The molecule has 4 nitrogen and oxygen atoms in total. The molecule has 5 heteroatoms. The lowest BCUT2D eigenvalue weighted by molar-refractivity contribution is -0.155. The third kappa shape index (κ3) is 3.64. The fourth-order valence-corrected chi connectivity index (χ4v) is 3.40. The molecule has 1 N–H and O–H groups in total. The molecule has 1 aromatic rings. The first kappa shape index (κ1) is 16.9. The molecule has 1 unspecified atom stereocenters. The zero-order valence-corrected chi connectivity index (χ0v) is 14.0. The van der Waals surface area contributed by atoms with Gasteiger partial charge in [-0.05, 0) is 43.2 Å². The quantitative estimate of drug-likeness (QED) is 0.847. The monoisotopic (exact) mass is 321 g/mol. The number of carboxylic acids is 1. The van der Waals surface area contributed by atoms with Gasteiger partial charge >= 0.3 is 5.97 Å². The number of hydrogen-bond donors (Lipinski definition) is 1. The van der Waals surface area contributed by atoms with Crippen LogP contribution in [0.5, 0.6) is 0 Å². The fraction of sp³-hybridized carbons (Fsp3) is 0.529. The number of carbonyl (C=O) groups excluding carboxylic acids is 1. The van der Waals surface area contributed by atoms with Crippen LogP contribution in [0.2, 0.25) is 0 Å². The zero-order chi connectivity index (χ0) is 16.2. The number of benzene rings is 1. The first-order valence-electron chi connectivity index (χ1n) is 7.65. The summed E-state index contributed by atoms with van der Waals surface area (Å²) in [6, 6.07) is 7.96. The molecule has 1 heterocycles. The molecule has 1 fully saturated rings. The van der Waals surface area contributed by atoms with Crippen molar-refractivity contribution >= 4 is 23.6 Å². The van der Waals surface area contributed by atoms with Crippen molar-refractivity contribution in [1.29, 1.82) is 0 Å². The van der Waals surface area contributed by atoms with Crippen molar-refractivity contribution in [1.82, 2.24) is 4.90 Å². The number of amides is 1. The summed E-state index contributed by atoms with van der Waals surface area (Å²) in [6.45, 7) is 2.89. The van der Waals surface area contributed by atoms with Gasteiger partial charge in [-0.1, -0.05) is 19.1 Å². The number of carboxylic acid groups (broad SMARTS) is 1. The molecule has 1 aliphatic rings. The highest BCUT2D eigenvalue weighted by molar-refractivity contribution is 7.98. The summed E-state index contributed by atoms with van der Waals surface area (Å²) in [5.41, 5.74) is 0.210. The lowest BCUT2D eigenvalue weighted by atomic mass is 9.77. The van der Waals surface area contributed by atoms with Gasteiger partial charge in [0.05, 0.1) is 11.8 Å². The van der Waals surface area contributed by atoms with Crippen LogP contribution in [0.3, 0.4) is 0 Å². The van der Waals surface area contributed by atoms with Crippen LogP contribution in [0.15, 0.2) is 29.2 Å². The molecule has 2 rings (SSSR count). The van der Waals surface area contributed by atoms with Crippen molar-refractivity contribution in [3.63, 3.8) is 0 Å². The zero-order valence-electron chi connectivity index (χ0n) is 13.2. The highest BCUT2D eigenvalue weighted by atomic mass is 32.2. The van der Waals surface area contributed by atoms with E-state index in [1.165, 1.54) is 4.90 Å². The van der Waals surface area contributed by atoms with E-state index in [1.807, 2.05) is 37.4 Å². The van der Waals surface area contributed by atoms with Crippen molar-refractivity contribution in [2.45, 2.75) is 37.5 Å². The van der Waals surface area contributed by atoms with Crippen LogP contribution in [-0.4, -0.2) is 41.2 Å². The van der Waals surface area contributed by atoms with Gasteiger partial charge in [0.1, 0.15) is 0 Å². The Balaban J connectivity index is 2.03. The third-order valence-electron chi connectivity index (χ3n) is 4.57. The van der Waals surface area contributed by atoms with Gasteiger partial charge in [0.25, 0.3) is 0 Å². The van der Waals surface area contributed by atoms with E-state index in [0.717, 1.165) is 12.0 Å². The second-order valence-electron chi connectivity index (χ2n) is 5.88. The standard InChI is InChI=1S/C17H23NO3S/c1-3-17(16(20)21)9-4-10-18(12-17)15(19)11-13-5-7-14(22-2)8-6-13/h5-8H,3-4,9-12H2,1-2H3,(H,20,21). The van der Waals surface area contributed by atoms with Crippen LogP contribution >= 0.6 is 11.8 Å². The highest BCUT2D eigenvalue weighted by Gasteiger charge is 2.41. The molecule has 0 saturated carbocycles. The Bertz CT molecular complexity index is 543. The molecule has 22 heavy (non-hydrogen) atoms. The second-order valence-corrected chi connectivity index (χ2v) is 6.76. The third-order valence-corrected chi connectivity index (χ3v) is 5.32. The summed E-state index contributed by atoms with van der Waals surface area (Å²) < 4.78 is 0. The van der Waals surface area contributed by atoms with Gasteiger partial charge in [0.2, 0.25) is 5.91 Å². The number of hydrogen-bond acceptors (Lipinski definition) is 3. The first-order valence-corrected chi connectivity index (χ1v) is 8.87. The predicted molar refractivity (Wildman–Crippen MR) is 88.1 cm³/mol. The number of aliphatic carboxylic acids is 1. The lowest BCUT2D eigenvalue weighted by Crippen LogP contribution is -2.50. The van der Waals surface area contributed by atoms with E-state index in [9.17, 15) is 14.7 Å². The predicted octanol–water partition coefficient (Wildman–Crippen LogP) is 3.05. The summed E-state index contributed by atoms with van der Waals surface area (Å²) in [7, 11) is 0. The summed E-state index contributed by atoms with van der Waals surface area (Å²) in [4.78, 5) is 26.9. The van der Waals surface area contributed by atoms with Crippen LogP contribution in [0, 0.1) is 5.41 Å². The minimum absolute atomic E-state index is 0.0238. The van der Waals surface area contributed by atoms with E-state index in [2.05, 4.69) is 0 Å². The summed E-state index contributed by atoms with van der Waals surface area (Å²) in [5, 5.41) is 9.50. The van der Waals surface area contributed by atoms with Crippen molar-refractivity contribution in [3.05, 3.63) is 29.8 Å². The van der Waals surface area contributed by atoms with Crippen LogP contribution < -0.4 is 0 Å². The molecule has 0 aromatic heterocycles. The van der Waals surface area contributed by atoms with Gasteiger partial charge in [0, 0.05) is 18.0 Å². The minimum Gasteiger partial charge on any atom is -0.481 e. The lowest BCUT2D eigenvalue weighted by Gasteiger charge is -2.39. The van der Waals surface area contributed by atoms with E-state index in [1.54, 1.807) is 16.7 Å². The molecule has 1 atom stereocenters. The Kier molecular flexibility index (Phi) is 5.51. The topological polar surface area (TPSA) is 57.6 Å². The van der Waals surface area contributed by atoms with Crippen molar-refractivity contribution in [2.75, 3.05) is 19.3 Å². The second kappa shape index (κ2) is 7.18. The summed E-state index contributed by atoms with van der Waals surface area (Å²) in [5.74, 6) is -0.757. The number of carbonyl (C=O) groups is 2. The van der Waals surface area contributed by atoms with E-state index in [0.29, 0.717) is 32.4 Å². The Hall–Kier alpha value is -1.49. The maximum absolute atomic E-state index is 12.5. The Morgan fingerprint density at radius 1 is 1.32 bits per heavy atom. The smallest absolute Gasteiger partial charge is 0.311 e. The van der Waals surface area contributed by atoms with Gasteiger partial charge in [-0.3, -0.25) is 9.59 Å². The molecule has 1 aromatic carbocycles. The SMILES string of the molecule is CCC1(C(=O)O)CCCN(C(=O)Cc2ccc(SC)cc2)C1. The minimum atomic E-state index is -0.781. The number of rotatable bonds is 5. The van der Waals surface area contributed by atoms with Crippen LogP contribution in [0.4, 0.5) is 0 Å². The maximum Gasteiger partial charge on any atom is 0.311 e. The van der Waals surface area contributed by atoms with E-state index >= 15 is 0 Å². The van der Waals surface area contributed by atoms with Gasteiger partial charge in [-0.2, -0.15) is 0 Å². The fourth-order valence-electron chi connectivity index (χ4n) is 2.99. The summed E-state index contributed by atoms with van der Waals surface area (Å²) >= 11 is 1.67. The van der Waals surface area contributed by atoms with E-state index in [-0.39, 0.29) is 5.91 Å². The maximum atomic E-state index is 12.5. The molecule has 0 radical (unpaired) electrons. The first-order chi connectivity index (χ1) is 10.5. The van der Waals surface area contributed by atoms with Crippen LogP contribution in [0.1, 0.15) is 31.7 Å². The molecule has 1 saturated heterocycles. The molecule has 0 aliphatic carbocycles. The largest absolute Gasteiger partial charge is 0.481 e. The van der Waals surface area contributed by atoms with E-state index < -0.39 is 11.4 Å². The van der Waals surface area contributed by atoms with Crippen molar-refractivity contribution < 1.29 is 14.7 Å². The average molecular weight is 321 g/mol. The molecule has 1 amide bonds. The van der Waals surface area contributed by atoms with Gasteiger partial charge < -0.3 is 10.0 Å². The van der Waals surface area contributed by atoms with Gasteiger partial charge in [-0.25, -0.2) is 0 Å². The number of thioether (sulfide) groups is 1.